The summed E-state index contributed by atoms with van der Waals surface area (Å²) in [4.78, 5) is 12.0. The second-order valence-electron chi connectivity index (χ2n) is 5.30. The first-order valence-electron chi connectivity index (χ1n) is 8.37. The third-order valence-corrected chi connectivity index (χ3v) is 3.43. The van der Waals surface area contributed by atoms with E-state index >= 15 is 0 Å². The number of amides is 1. The number of nitrogens with one attached hydrogen (secondary N) is 2. The van der Waals surface area contributed by atoms with E-state index in [9.17, 15) is 4.79 Å². The molecule has 1 aliphatic rings. The standard InChI is InChI=1S/C16H24N2O.C2H6/c1-3-7-17-16(19)14-9-12(4-2)8-13(10-14)11-18-15-5-6-15;1-2/h8-10,15,18H,3-7,11H2,1-2H3,(H,17,19);1-2H3. The molecule has 0 saturated heterocycles. The topological polar surface area (TPSA) is 41.1 Å². The molecule has 1 fully saturated rings. The predicted octanol–water partition coefficient (Wildman–Crippen LogP) is 3.67. The molecule has 21 heavy (non-hydrogen) atoms. The van der Waals surface area contributed by atoms with E-state index in [0.717, 1.165) is 31.5 Å². The van der Waals surface area contributed by atoms with Crippen molar-refractivity contribution in [2.45, 2.75) is 66.0 Å². The van der Waals surface area contributed by atoms with Crippen LogP contribution in [0.1, 0.15) is 68.4 Å². The fourth-order valence-electron chi connectivity index (χ4n) is 2.09. The lowest BCUT2D eigenvalue weighted by Gasteiger charge is -2.10. The molecule has 0 heterocycles. The Morgan fingerprint density at radius 3 is 2.38 bits per heavy atom. The van der Waals surface area contributed by atoms with Gasteiger partial charge in [0.2, 0.25) is 0 Å². The van der Waals surface area contributed by atoms with Crippen molar-refractivity contribution >= 4 is 5.91 Å². The Balaban J connectivity index is 0.00000106. The monoisotopic (exact) mass is 290 g/mol. The number of carbonyl (C=O) groups is 1. The van der Waals surface area contributed by atoms with E-state index in [0.29, 0.717) is 6.04 Å². The minimum Gasteiger partial charge on any atom is -0.352 e. The minimum absolute atomic E-state index is 0.0461. The molecule has 0 unspecified atom stereocenters. The van der Waals surface area contributed by atoms with E-state index < -0.39 is 0 Å². The summed E-state index contributed by atoms with van der Waals surface area (Å²) in [5, 5.41) is 6.45. The van der Waals surface area contributed by atoms with E-state index in [1.165, 1.54) is 24.0 Å². The molecule has 0 aromatic heterocycles. The third kappa shape index (κ3) is 6.30. The summed E-state index contributed by atoms with van der Waals surface area (Å²) in [6, 6.07) is 6.92. The first-order valence-corrected chi connectivity index (χ1v) is 8.37. The van der Waals surface area contributed by atoms with Gasteiger partial charge in [0.15, 0.2) is 0 Å². The Hall–Kier alpha value is -1.35. The summed E-state index contributed by atoms with van der Waals surface area (Å²) in [6.07, 6.45) is 4.51. The van der Waals surface area contributed by atoms with Crippen LogP contribution >= 0.6 is 0 Å². The van der Waals surface area contributed by atoms with Crippen molar-refractivity contribution < 1.29 is 4.79 Å². The van der Waals surface area contributed by atoms with Gasteiger partial charge in [0.25, 0.3) is 5.91 Å². The Labute approximate surface area is 129 Å². The van der Waals surface area contributed by atoms with Gasteiger partial charge >= 0.3 is 0 Å². The largest absolute Gasteiger partial charge is 0.352 e. The first kappa shape index (κ1) is 17.7. The molecule has 1 saturated carbocycles. The lowest BCUT2D eigenvalue weighted by Crippen LogP contribution is -2.24. The maximum absolute atomic E-state index is 12.0. The fourth-order valence-corrected chi connectivity index (χ4v) is 2.09. The van der Waals surface area contributed by atoms with Gasteiger partial charge in [-0.1, -0.05) is 33.8 Å². The molecule has 0 spiro atoms. The van der Waals surface area contributed by atoms with Crippen LogP contribution in [0.15, 0.2) is 18.2 Å². The molecule has 2 N–H and O–H groups in total. The van der Waals surface area contributed by atoms with Crippen LogP contribution in [0, 0.1) is 0 Å². The number of hydrogen-bond donors (Lipinski definition) is 2. The van der Waals surface area contributed by atoms with Crippen molar-refractivity contribution in [2.24, 2.45) is 0 Å². The molecule has 1 aromatic carbocycles. The highest BCUT2D eigenvalue weighted by Gasteiger charge is 2.20. The highest BCUT2D eigenvalue weighted by molar-refractivity contribution is 5.94. The molecule has 1 amide bonds. The molecule has 3 nitrogen and oxygen atoms in total. The second-order valence-corrected chi connectivity index (χ2v) is 5.30. The van der Waals surface area contributed by atoms with Crippen LogP contribution in [0.4, 0.5) is 0 Å². The van der Waals surface area contributed by atoms with E-state index in [4.69, 9.17) is 0 Å². The summed E-state index contributed by atoms with van der Waals surface area (Å²) in [6.45, 7) is 9.80. The van der Waals surface area contributed by atoms with E-state index in [2.05, 4.69) is 30.5 Å². The molecular formula is C18H30N2O. The van der Waals surface area contributed by atoms with Gasteiger partial charge in [0, 0.05) is 24.7 Å². The molecule has 118 valence electrons. The Morgan fingerprint density at radius 2 is 1.81 bits per heavy atom. The van der Waals surface area contributed by atoms with Crippen LogP contribution in [0.25, 0.3) is 0 Å². The zero-order valence-corrected chi connectivity index (χ0v) is 14.0. The first-order chi connectivity index (χ1) is 10.2. The van der Waals surface area contributed by atoms with Crippen LogP contribution in [-0.4, -0.2) is 18.5 Å². The summed E-state index contributed by atoms with van der Waals surface area (Å²) in [5.41, 5.74) is 3.24. The Kier molecular flexibility index (Phi) is 8.06. The number of benzene rings is 1. The van der Waals surface area contributed by atoms with Crippen LogP contribution in [0.5, 0.6) is 0 Å². The van der Waals surface area contributed by atoms with Crippen LogP contribution in [-0.2, 0) is 13.0 Å². The number of hydrogen-bond acceptors (Lipinski definition) is 2. The highest BCUT2D eigenvalue weighted by atomic mass is 16.1. The molecule has 0 bridgehead atoms. The lowest BCUT2D eigenvalue weighted by atomic mass is 10.0. The number of aryl methyl sites for hydroxylation is 1. The SMILES string of the molecule is CC.CCCNC(=O)c1cc(CC)cc(CNC2CC2)c1. The average Bonchev–Trinajstić information content (AvgIpc) is 3.36. The molecule has 0 atom stereocenters. The lowest BCUT2D eigenvalue weighted by molar-refractivity contribution is 0.0953. The van der Waals surface area contributed by atoms with Gasteiger partial charge in [-0.15, -0.1) is 0 Å². The molecule has 1 aliphatic carbocycles. The van der Waals surface area contributed by atoms with Gasteiger partial charge in [-0.3, -0.25) is 4.79 Å². The van der Waals surface area contributed by atoms with Crippen molar-refractivity contribution in [2.75, 3.05) is 6.54 Å². The van der Waals surface area contributed by atoms with Crippen molar-refractivity contribution in [3.8, 4) is 0 Å². The van der Waals surface area contributed by atoms with Crippen molar-refractivity contribution in [1.29, 1.82) is 0 Å². The number of rotatable bonds is 7. The van der Waals surface area contributed by atoms with E-state index in [1.54, 1.807) is 0 Å². The van der Waals surface area contributed by atoms with Gasteiger partial charge in [-0.25, -0.2) is 0 Å². The second kappa shape index (κ2) is 9.56. The van der Waals surface area contributed by atoms with Crippen molar-refractivity contribution in [3.63, 3.8) is 0 Å². The maximum atomic E-state index is 12.0. The van der Waals surface area contributed by atoms with Crippen LogP contribution in [0.2, 0.25) is 0 Å². The average molecular weight is 290 g/mol. The van der Waals surface area contributed by atoms with Gasteiger partial charge in [0.1, 0.15) is 0 Å². The zero-order valence-electron chi connectivity index (χ0n) is 14.0. The van der Waals surface area contributed by atoms with E-state index in [-0.39, 0.29) is 5.91 Å². The quantitative estimate of drug-likeness (QED) is 0.804. The van der Waals surface area contributed by atoms with E-state index in [1.807, 2.05) is 26.0 Å². The maximum Gasteiger partial charge on any atom is 0.251 e. The smallest absolute Gasteiger partial charge is 0.251 e. The van der Waals surface area contributed by atoms with Gasteiger partial charge in [0.05, 0.1) is 0 Å². The third-order valence-electron chi connectivity index (χ3n) is 3.43. The summed E-state index contributed by atoms with van der Waals surface area (Å²) >= 11 is 0. The molecule has 1 aromatic rings. The Morgan fingerprint density at radius 1 is 1.14 bits per heavy atom. The predicted molar refractivity (Wildman–Crippen MR) is 89.7 cm³/mol. The minimum atomic E-state index is 0.0461. The van der Waals surface area contributed by atoms with Gasteiger partial charge in [-0.05, 0) is 48.9 Å². The summed E-state index contributed by atoms with van der Waals surface area (Å²) < 4.78 is 0. The zero-order chi connectivity index (χ0) is 15.7. The van der Waals surface area contributed by atoms with Crippen LogP contribution < -0.4 is 10.6 Å². The highest BCUT2D eigenvalue weighted by Crippen LogP contribution is 2.20. The summed E-state index contributed by atoms with van der Waals surface area (Å²) in [5.74, 6) is 0.0461. The fraction of sp³-hybridized carbons (Fsp3) is 0.611. The molecule has 2 rings (SSSR count). The Bertz CT molecular complexity index is 439. The normalized spacial score (nSPS) is 13.3. The molecule has 0 radical (unpaired) electrons. The summed E-state index contributed by atoms with van der Waals surface area (Å²) in [7, 11) is 0. The number of carbonyl (C=O) groups excluding carboxylic acids is 1. The molecule has 0 aliphatic heterocycles. The molecular weight excluding hydrogens is 260 g/mol. The van der Waals surface area contributed by atoms with Crippen LogP contribution in [0.3, 0.4) is 0 Å². The van der Waals surface area contributed by atoms with Gasteiger partial charge in [-0.2, -0.15) is 0 Å². The van der Waals surface area contributed by atoms with Gasteiger partial charge < -0.3 is 10.6 Å². The molecule has 3 heteroatoms. The van der Waals surface area contributed by atoms with Crippen molar-refractivity contribution in [3.05, 3.63) is 34.9 Å². The van der Waals surface area contributed by atoms with Crippen molar-refractivity contribution in [1.82, 2.24) is 10.6 Å².